The van der Waals surface area contributed by atoms with Crippen molar-refractivity contribution in [2.45, 2.75) is 45.0 Å². The van der Waals surface area contributed by atoms with Crippen molar-refractivity contribution in [3.63, 3.8) is 0 Å². The van der Waals surface area contributed by atoms with Crippen LogP contribution in [-0.4, -0.2) is 26.9 Å². The van der Waals surface area contributed by atoms with Gasteiger partial charge in [0, 0.05) is 6.54 Å². The molecule has 2 heterocycles. The lowest BCUT2D eigenvalue weighted by molar-refractivity contribution is -0.151. The second-order valence-corrected chi connectivity index (χ2v) is 7.31. The van der Waals surface area contributed by atoms with E-state index in [4.69, 9.17) is 4.74 Å². The molecular weight excluding hydrogens is 308 g/mol. The van der Waals surface area contributed by atoms with Crippen LogP contribution in [0.4, 0.5) is 0 Å². The Morgan fingerprint density at radius 1 is 1.48 bits per heavy atom. The molecular formula is C14H18N2O3S2. The zero-order valence-electron chi connectivity index (χ0n) is 12.5. The van der Waals surface area contributed by atoms with Gasteiger partial charge in [0.25, 0.3) is 5.56 Å². The van der Waals surface area contributed by atoms with Crippen LogP contribution in [0.15, 0.2) is 21.4 Å². The fourth-order valence-corrected chi connectivity index (χ4v) is 3.42. The molecule has 0 saturated carbocycles. The molecule has 0 spiro atoms. The number of nitrogens with zero attached hydrogens (tertiary/aromatic N) is 2. The average molecular weight is 326 g/mol. The summed E-state index contributed by atoms with van der Waals surface area (Å²) in [5, 5.41) is 2.40. The first-order chi connectivity index (χ1) is 9.81. The smallest absolute Gasteiger partial charge is 0.316 e. The van der Waals surface area contributed by atoms with Gasteiger partial charge in [-0.25, -0.2) is 4.98 Å². The highest BCUT2D eigenvalue weighted by Gasteiger charge is 2.18. The summed E-state index contributed by atoms with van der Waals surface area (Å²) < 4.78 is 7.51. The van der Waals surface area contributed by atoms with Gasteiger partial charge >= 0.3 is 5.97 Å². The third kappa shape index (κ3) is 3.85. The SMILES string of the molecule is CCn1c(SCC(=O)OC(C)(C)C)nc2ccsc2c1=O. The number of aromatic nitrogens is 2. The van der Waals surface area contributed by atoms with Crippen LogP contribution in [0.25, 0.3) is 10.2 Å². The monoisotopic (exact) mass is 326 g/mol. The second-order valence-electron chi connectivity index (χ2n) is 5.45. The Labute approximate surface area is 131 Å². The van der Waals surface area contributed by atoms with Gasteiger partial charge in [0.2, 0.25) is 0 Å². The first-order valence-electron chi connectivity index (χ1n) is 6.64. The summed E-state index contributed by atoms with van der Waals surface area (Å²) in [6, 6.07) is 1.82. The van der Waals surface area contributed by atoms with Crippen LogP contribution in [0.1, 0.15) is 27.7 Å². The highest BCUT2D eigenvalue weighted by Crippen LogP contribution is 2.21. The van der Waals surface area contributed by atoms with Gasteiger partial charge in [-0.2, -0.15) is 0 Å². The van der Waals surface area contributed by atoms with Crippen LogP contribution in [0.5, 0.6) is 0 Å². The topological polar surface area (TPSA) is 61.2 Å². The fourth-order valence-electron chi connectivity index (χ4n) is 1.81. The number of esters is 1. The molecule has 21 heavy (non-hydrogen) atoms. The highest BCUT2D eigenvalue weighted by molar-refractivity contribution is 7.99. The zero-order chi connectivity index (χ0) is 15.6. The summed E-state index contributed by atoms with van der Waals surface area (Å²) in [6.45, 7) is 7.89. The Kier molecular flexibility index (Phi) is 4.73. The largest absolute Gasteiger partial charge is 0.459 e. The molecule has 0 saturated heterocycles. The lowest BCUT2D eigenvalue weighted by Gasteiger charge is -2.19. The second kappa shape index (κ2) is 6.19. The molecule has 0 aliphatic rings. The maximum atomic E-state index is 12.3. The van der Waals surface area contributed by atoms with E-state index in [1.807, 2.05) is 39.1 Å². The van der Waals surface area contributed by atoms with E-state index < -0.39 is 5.60 Å². The van der Waals surface area contributed by atoms with Gasteiger partial charge in [0.15, 0.2) is 5.16 Å². The predicted molar refractivity (Wildman–Crippen MR) is 86.1 cm³/mol. The standard InChI is InChI=1S/C14H18N2O3S2/c1-5-16-12(18)11-9(6-7-20-11)15-13(16)21-8-10(17)19-14(2,3)4/h6-7H,5,8H2,1-4H3. The molecule has 114 valence electrons. The first-order valence-corrected chi connectivity index (χ1v) is 8.51. The quantitative estimate of drug-likeness (QED) is 0.491. The molecule has 0 unspecified atom stereocenters. The number of fused-ring (bicyclic) bond motifs is 1. The Hall–Kier alpha value is -1.34. The minimum absolute atomic E-state index is 0.0517. The molecule has 0 fully saturated rings. The molecule has 0 amide bonds. The lowest BCUT2D eigenvalue weighted by Crippen LogP contribution is -2.26. The van der Waals surface area contributed by atoms with Gasteiger partial charge in [-0.3, -0.25) is 14.2 Å². The summed E-state index contributed by atoms with van der Waals surface area (Å²) in [5.41, 5.74) is 0.123. The summed E-state index contributed by atoms with van der Waals surface area (Å²) in [5.74, 6) is -0.172. The van der Waals surface area contributed by atoms with Gasteiger partial charge in [-0.05, 0) is 39.1 Å². The van der Waals surface area contributed by atoms with Crippen molar-refractivity contribution in [2.24, 2.45) is 0 Å². The molecule has 0 aliphatic carbocycles. The van der Waals surface area contributed by atoms with E-state index in [1.54, 1.807) is 4.57 Å². The van der Waals surface area contributed by atoms with Gasteiger partial charge in [-0.15, -0.1) is 11.3 Å². The summed E-state index contributed by atoms with van der Waals surface area (Å²) >= 11 is 2.62. The summed E-state index contributed by atoms with van der Waals surface area (Å²) in [6.07, 6.45) is 0. The number of rotatable bonds is 4. The van der Waals surface area contributed by atoms with E-state index in [9.17, 15) is 9.59 Å². The molecule has 0 atom stereocenters. The molecule has 0 aliphatic heterocycles. The maximum absolute atomic E-state index is 12.3. The van der Waals surface area contributed by atoms with Gasteiger partial charge in [-0.1, -0.05) is 11.8 Å². The Bertz CT molecular complexity index is 713. The normalized spacial score (nSPS) is 11.8. The number of carbonyl (C=O) groups is 1. The van der Waals surface area contributed by atoms with Crippen molar-refractivity contribution in [2.75, 3.05) is 5.75 Å². The van der Waals surface area contributed by atoms with Crippen molar-refractivity contribution in [3.05, 3.63) is 21.8 Å². The third-order valence-electron chi connectivity index (χ3n) is 2.59. The number of hydrogen-bond donors (Lipinski definition) is 0. The first kappa shape index (κ1) is 16.0. The number of thioether (sulfide) groups is 1. The van der Waals surface area contributed by atoms with Crippen LogP contribution < -0.4 is 5.56 Å². The van der Waals surface area contributed by atoms with E-state index in [-0.39, 0.29) is 17.3 Å². The molecule has 0 N–H and O–H groups in total. The minimum Gasteiger partial charge on any atom is -0.459 e. The highest BCUT2D eigenvalue weighted by atomic mass is 32.2. The molecule has 2 aromatic heterocycles. The van der Waals surface area contributed by atoms with Crippen LogP contribution in [0.3, 0.4) is 0 Å². The van der Waals surface area contributed by atoms with E-state index in [1.165, 1.54) is 23.1 Å². The van der Waals surface area contributed by atoms with Crippen LogP contribution in [-0.2, 0) is 16.1 Å². The molecule has 0 radical (unpaired) electrons. The van der Waals surface area contributed by atoms with Crippen LogP contribution in [0.2, 0.25) is 0 Å². The van der Waals surface area contributed by atoms with Crippen LogP contribution >= 0.6 is 23.1 Å². The third-order valence-corrected chi connectivity index (χ3v) is 4.43. The van der Waals surface area contributed by atoms with Crippen molar-refractivity contribution >= 4 is 39.3 Å². The van der Waals surface area contributed by atoms with Crippen molar-refractivity contribution in [1.82, 2.24) is 9.55 Å². The number of ether oxygens (including phenoxy) is 1. The lowest BCUT2D eigenvalue weighted by atomic mass is 10.2. The molecule has 0 aromatic carbocycles. The van der Waals surface area contributed by atoms with Crippen molar-refractivity contribution in [1.29, 1.82) is 0 Å². The number of hydrogen-bond acceptors (Lipinski definition) is 6. The van der Waals surface area contributed by atoms with Gasteiger partial charge in [0.1, 0.15) is 10.3 Å². The minimum atomic E-state index is -0.507. The zero-order valence-corrected chi connectivity index (χ0v) is 14.1. The summed E-state index contributed by atoms with van der Waals surface area (Å²) in [7, 11) is 0. The van der Waals surface area contributed by atoms with E-state index >= 15 is 0 Å². The summed E-state index contributed by atoms with van der Waals surface area (Å²) in [4.78, 5) is 28.6. The van der Waals surface area contributed by atoms with Crippen molar-refractivity contribution < 1.29 is 9.53 Å². The van der Waals surface area contributed by atoms with Gasteiger partial charge in [0.05, 0.1) is 11.3 Å². The maximum Gasteiger partial charge on any atom is 0.316 e. The van der Waals surface area contributed by atoms with Gasteiger partial charge < -0.3 is 4.74 Å². The van der Waals surface area contributed by atoms with Crippen molar-refractivity contribution in [3.8, 4) is 0 Å². The Morgan fingerprint density at radius 2 is 2.19 bits per heavy atom. The predicted octanol–water partition coefficient (Wildman–Crippen LogP) is 2.91. The Balaban J connectivity index is 2.22. The van der Waals surface area contributed by atoms with E-state index in [0.717, 1.165) is 0 Å². The molecule has 2 rings (SSSR count). The number of thiophene rings is 1. The molecule has 0 bridgehead atoms. The molecule has 5 nitrogen and oxygen atoms in total. The average Bonchev–Trinajstić information content (AvgIpc) is 2.83. The van der Waals surface area contributed by atoms with E-state index in [2.05, 4.69) is 4.98 Å². The fraction of sp³-hybridized carbons (Fsp3) is 0.500. The number of carbonyl (C=O) groups excluding carboxylic acids is 1. The molecule has 7 heteroatoms. The molecule has 2 aromatic rings. The van der Waals surface area contributed by atoms with Crippen LogP contribution in [0, 0.1) is 0 Å². The Morgan fingerprint density at radius 3 is 2.81 bits per heavy atom. The van der Waals surface area contributed by atoms with E-state index in [0.29, 0.717) is 21.9 Å².